The minimum absolute atomic E-state index is 0.140. The summed E-state index contributed by atoms with van der Waals surface area (Å²) in [6.45, 7) is 0.237. The first-order chi connectivity index (χ1) is 10.1. The summed E-state index contributed by atoms with van der Waals surface area (Å²) in [6, 6.07) is 11.7. The molecule has 0 bridgehead atoms. The van der Waals surface area contributed by atoms with Crippen molar-refractivity contribution < 1.29 is 14.1 Å². The Morgan fingerprint density at radius 3 is 2.86 bits per heavy atom. The van der Waals surface area contributed by atoms with Crippen LogP contribution < -0.4 is 4.74 Å². The van der Waals surface area contributed by atoms with Crippen LogP contribution in [0.25, 0.3) is 0 Å². The molecule has 0 radical (unpaired) electrons. The molecule has 1 unspecified atom stereocenters. The summed E-state index contributed by atoms with van der Waals surface area (Å²) in [7, 11) is 0. The lowest BCUT2D eigenvalue weighted by atomic mass is 10.1. The Morgan fingerprint density at radius 1 is 1.29 bits per heavy atom. The number of para-hydroxylation sites is 1. The van der Waals surface area contributed by atoms with Gasteiger partial charge in [-0.3, -0.25) is 10.1 Å². The molecule has 0 spiro atoms. The summed E-state index contributed by atoms with van der Waals surface area (Å²) in [5, 5.41) is 11.0. The third kappa shape index (κ3) is 2.85. The van der Waals surface area contributed by atoms with E-state index in [1.54, 1.807) is 11.8 Å². The number of benzene rings is 2. The topological polar surface area (TPSA) is 52.4 Å². The van der Waals surface area contributed by atoms with E-state index in [1.165, 1.54) is 28.7 Å². The zero-order valence-corrected chi connectivity index (χ0v) is 11.8. The number of ether oxygens (including phenoxy) is 1. The summed E-state index contributed by atoms with van der Waals surface area (Å²) in [4.78, 5) is 11.5. The SMILES string of the molecule is O=[N+]([O-])c1cccc(F)c1OCC1Cc2ccccc2S1. The molecule has 0 saturated carbocycles. The highest BCUT2D eigenvalue weighted by Crippen LogP contribution is 2.38. The molecule has 4 nitrogen and oxygen atoms in total. The zero-order valence-electron chi connectivity index (χ0n) is 11.0. The molecule has 3 rings (SSSR count). The molecule has 1 atom stereocenters. The summed E-state index contributed by atoms with van der Waals surface area (Å²) in [6.07, 6.45) is 0.823. The zero-order chi connectivity index (χ0) is 14.8. The Labute approximate surface area is 125 Å². The first-order valence-corrected chi connectivity index (χ1v) is 7.33. The van der Waals surface area contributed by atoms with Gasteiger partial charge in [-0.05, 0) is 24.1 Å². The molecule has 108 valence electrons. The van der Waals surface area contributed by atoms with Gasteiger partial charge in [0.2, 0.25) is 5.75 Å². The number of nitro groups is 1. The van der Waals surface area contributed by atoms with Gasteiger partial charge in [-0.1, -0.05) is 24.3 Å². The monoisotopic (exact) mass is 305 g/mol. The van der Waals surface area contributed by atoms with Crippen molar-refractivity contribution in [2.24, 2.45) is 0 Å². The van der Waals surface area contributed by atoms with Gasteiger partial charge in [0.25, 0.3) is 0 Å². The number of hydrogen-bond donors (Lipinski definition) is 0. The van der Waals surface area contributed by atoms with E-state index in [0.29, 0.717) is 0 Å². The van der Waals surface area contributed by atoms with Gasteiger partial charge in [0.15, 0.2) is 5.82 Å². The van der Waals surface area contributed by atoms with Gasteiger partial charge < -0.3 is 4.74 Å². The Hall–Kier alpha value is -2.08. The minimum Gasteiger partial charge on any atom is -0.484 e. The van der Waals surface area contributed by atoms with Crippen LogP contribution in [0, 0.1) is 15.9 Å². The van der Waals surface area contributed by atoms with Gasteiger partial charge in [0, 0.05) is 16.2 Å². The summed E-state index contributed by atoms with van der Waals surface area (Å²) in [5.41, 5.74) is 0.898. The Bertz CT molecular complexity index is 667. The number of halogens is 1. The largest absolute Gasteiger partial charge is 0.484 e. The second-order valence-corrected chi connectivity index (χ2v) is 6.05. The predicted octanol–water partition coefficient (Wildman–Crippen LogP) is 3.83. The summed E-state index contributed by atoms with van der Waals surface area (Å²) in [5.74, 6) is -0.983. The summed E-state index contributed by atoms with van der Waals surface area (Å²) >= 11 is 1.66. The van der Waals surface area contributed by atoms with Gasteiger partial charge in [-0.25, -0.2) is 4.39 Å². The van der Waals surface area contributed by atoms with Crippen LogP contribution in [0.3, 0.4) is 0 Å². The number of nitrogens with zero attached hydrogens (tertiary/aromatic N) is 1. The highest BCUT2D eigenvalue weighted by atomic mass is 32.2. The van der Waals surface area contributed by atoms with Gasteiger partial charge in [-0.15, -0.1) is 11.8 Å². The number of hydrogen-bond acceptors (Lipinski definition) is 4. The Kier molecular flexibility index (Phi) is 3.79. The van der Waals surface area contributed by atoms with Gasteiger partial charge in [0.05, 0.1) is 4.92 Å². The fourth-order valence-corrected chi connectivity index (χ4v) is 3.53. The molecule has 0 fully saturated rings. The molecule has 21 heavy (non-hydrogen) atoms. The molecule has 0 aliphatic carbocycles. The maximum absolute atomic E-state index is 13.7. The van der Waals surface area contributed by atoms with Crippen LogP contribution >= 0.6 is 11.8 Å². The molecule has 6 heteroatoms. The second kappa shape index (κ2) is 5.73. The molecule has 1 aliphatic heterocycles. The van der Waals surface area contributed by atoms with E-state index >= 15 is 0 Å². The van der Waals surface area contributed by atoms with Crippen molar-refractivity contribution in [1.29, 1.82) is 0 Å². The molecular formula is C15H12FNO3S. The average Bonchev–Trinajstić information content (AvgIpc) is 2.88. The first-order valence-electron chi connectivity index (χ1n) is 6.45. The lowest BCUT2D eigenvalue weighted by Gasteiger charge is -2.11. The van der Waals surface area contributed by atoms with Gasteiger partial charge >= 0.3 is 5.69 Å². The standard InChI is InChI=1S/C15H12FNO3S/c16-12-5-3-6-13(17(18)19)15(12)20-9-11-8-10-4-1-2-7-14(10)21-11/h1-7,11H,8-9H2. The average molecular weight is 305 g/mol. The van der Waals surface area contributed by atoms with Crippen LogP contribution in [-0.4, -0.2) is 16.8 Å². The van der Waals surface area contributed by atoms with Crippen LogP contribution in [0.1, 0.15) is 5.56 Å². The molecule has 2 aromatic carbocycles. The van der Waals surface area contributed by atoms with Crippen molar-refractivity contribution in [2.45, 2.75) is 16.6 Å². The molecule has 0 saturated heterocycles. The lowest BCUT2D eigenvalue weighted by molar-refractivity contribution is -0.386. The molecule has 0 N–H and O–H groups in total. The van der Waals surface area contributed by atoms with Crippen LogP contribution in [-0.2, 0) is 6.42 Å². The minimum atomic E-state index is -0.704. The smallest absolute Gasteiger partial charge is 0.314 e. The first kappa shape index (κ1) is 13.9. The van der Waals surface area contributed by atoms with Gasteiger partial charge in [-0.2, -0.15) is 0 Å². The molecule has 2 aromatic rings. The van der Waals surface area contributed by atoms with E-state index in [2.05, 4.69) is 0 Å². The van der Waals surface area contributed by atoms with E-state index in [1.807, 2.05) is 24.3 Å². The van der Waals surface area contributed by atoms with Crippen molar-refractivity contribution in [3.63, 3.8) is 0 Å². The lowest BCUT2D eigenvalue weighted by Crippen LogP contribution is -2.14. The molecular weight excluding hydrogens is 293 g/mol. The van der Waals surface area contributed by atoms with E-state index in [0.717, 1.165) is 6.42 Å². The fraction of sp³-hybridized carbons (Fsp3) is 0.200. The van der Waals surface area contributed by atoms with Crippen LogP contribution in [0.5, 0.6) is 5.75 Å². The van der Waals surface area contributed by atoms with Crippen LogP contribution in [0.15, 0.2) is 47.4 Å². The van der Waals surface area contributed by atoms with Crippen LogP contribution in [0.2, 0.25) is 0 Å². The maximum Gasteiger partial charge on any atom is 0.314 e. The number of thioether (sulfide) groups is 1. The van der Waals surface area contributed by atoms with E-state index in [4.69, 9.17) is 4.74 Å². The fourth-order valence-electron chi connectivity index (χ4n) is 2.31. The quantitative estimate of drug-likeness (QED) is 0.636. The third-order valence-electron chi connectivity index (χ3n) is 3.27. The Balaban J connectivity index is 1.71. The molecule has 0 aromatic heterocycles. The van der Waals surface area contributed by atoms with Crippen molar-refractivity contribution in [3.8, 4) is 5.75 Å². The summed E-state index contributed by atoms with van der Waals surface area (Å²) < 4.78 is 19.1. The molecule has 1 aliphatic rings. The number of rotatable bonds is 4. The Morgan fingerprint density at radius 2 is 2.10 bits per heavy atom. The van der Waals surface area contributed by atoms with E-state index in [9.17, 15) is 14.5 Å². The van der Waals surface area contributed by atoms with E-state index in [-0.39, 0.29) is 23.3 Å². The second-order valence-electron chi connectivity index (χ2n) is 4.71. The van der Waals surface area contributed by atoms with Crippen molar-refractivity contribution in [3.05, 3.63) is 64.0 Å². The van der Waals surface area contributed by atoms with Gasteiger partial charge in [0.1, 0.15) is 6.61 Å². The highest BCUT2D eigenvalue weighted by Gasteiger charge is 2.25. The van der Waals surface area contributed by atoms with E-state index < -0.39 is 10.7 Å². The third-order valence-corrected chi connectivity index (χ3v) is 4.56. The van der Waals surface area contributed by atoms with Crippen molar-refractivity contribution in [1.82, 2.24) is 0 Å². The van der Waals surface area contributed by atoms with Crippen LogP contribution in [0.4, 0.5) is 10.1 Å². The predicted molar refractivity (Wildman–Crippen MR) is 78.3 cm³/mol. The number of fused-ring (bicyclic) bond motifs is 1. The highest BCUT2D eigenvalue weighted by molar-refractivity contribution is 8.00. The normalized spacial score (nSPS) is 16.5. The van der Waals surface area contributed by atoms with Crippen molar-refractivity contribution >= 4 is 17.4 Å². The van der Waals surface area contributed by atoms with Crippen molar-refractivity contribution in [2.75, 3.05) is 6.61 Å². The molecule has 0 amide bonds. The molecule has 1 heterocycles. The number of nitro benzene ring substituents is 1. The maximum atomic E-state index is 13.7.